The van der Waals surface area contributed by atoms with Gasteiger partial charge in [0.1, 0.15) is 5.75 Å². The fraction of sp³-hybridized carbons (Fsp3) is 0.650. The molecule has 2 rings (SSSR count). The zero-order valence-electron chi connectivity index (χ0n) is 15.8. The van der Waals surface area contributed by atoms with Gasteiger partial charge in [0.05, 0.1) is 19.8 Å². The van der Waals surface area contributed by atoms with E-state index < -0.39 is 0 Å². The summed E-state index contributed by atoms with van der Waals surface area (Å²) < 4.78 is 10.5. The quantitative estimate of drug-likeness (QED) is 0.759. The van der Waals surface area contributed by atoms with Crippen LogP contribution in [-0.4, -0.2) is 43.8 Å². The minimum atomic E-state index is -0.00362. The van der Waals surface area contributed by atoms with E-state index in [0.29, 0.717) is 19.2 Å². The molecule has 25 heavy (non-hydrogen) atoms. The highest BCUT2D eigenvalue weighted by Crippen LogP contribution is 2.24. The molecule has 0 radical (unpaired) electrons. The Bertz CT molecular complexity index is 527. The average molecular weight is 348 g/mol. The molecule has 1 N–H and O–H groups in total. The number of rotatable bonds is 7. The Hall–Kier alpha value is -1.75. The number of carbonyl (C=O) groups is 1. The van der Waals surface area contributed by atoms with Gasteiger partial charge in [0.25, 0.3) is 0 Å². The topological polar surface area (TPSA) is 50.8 Å². The van der Waals surface area contributed by atoms with Gasteiger partial charge in [-0.15, -0.1) is 0 Å². The Morgan fingerprint density at radius 2 is 1.96 bits per heavy atom. The summed E-state index contributed by atoms with van der Waals surface area (Å²) in [5, 5.41) is 3.08. The first-order chi connectivity index (χ1) is 12.1. The Labute approximate surface area is 151 Å². The maximum absolute atomic E-state index is 12.9. The van der Waals surface area contributed by atoms with Crippen LogP contribution in [0.3, 0.4) is 0 Å². The Morgan fingerprint density at radius 1 is 1.24 bits per heavy atom. The normalized spacial score (nSPS) is 16.8. The molecular formula is C20H32N2O3. The molecule has 0 aliphatic heterocycles. The van der Waals surface area contributed by atoms with Crippen LogP contribution in [-0.2, 0) is 11.3 Å². The van der Waals surface area contributed by atoms with Gasteiger partial charge in [-0.1, -0.05) is 37.8 Å². The Kier molecular flexibility index (Phi) is 8.06. The van der Waals surface area contributed by atoms with E-state index in [2.05, 4.69) is 11.4 Å². The summed E-state index contributed by atoms with van der Waals surface area (Å²) in [5.41, 5.74) is 1.10. The van der Waals surface area contributed by atoms with E-state index in [1.54, 1.807) is 14.2 Å². The molecule has 1 atom stereocenters. The predicted octanol–water partition coefficient (Wildman–Crippen LogP) is 3.96. The van der Waals surface area contributed by atoms with Crippen LogP contribution in [0.2, 0.25) is 0 Å². The minimum Gasteiger partial charge on any atom is -0.497 e. The number of amides is 2. The van der Waals surface area contributed by atoms with Crippen LogP contribution >= 0.6 is 0 Å². The lowest BCUT2D eigenvalue weighted by Gasteiger charge is -2.32. The van der Waals surface area contributed by atoms with E-state index >= 15 is 0 Å². The molecular weight excluding hydrogens is 316 g/mol. The van der Waals surface area contributed by atoms with Crippen molar-refractivity contribution in [1.82, 2.24) is 10.2 Å². The third kappa shape index (κ3) is 6.24. The number of ether oxygens (including phenoxy) is 2. The van der Waals surface area contributed by atoms with Gasteiger partial charge in [-0.05, 0) is 37.5 Å². The lowest BCUT2D eigenvalue weighted by molar-refractivity contribution is 0.142. The average Bonchev–Trinajstić information content (AvgIpc) is 2.89. The Morgan fingerprint density at radius 3 is 2.60 bits per heavy atom. The van der Waals surface area contributed by atoms with Gasteiger partial charge in [0.2, 0.25) is 0 Å². The molecule has 0 heterocycles. The molecule has 1 aromatic rings. The van der Waals surface area contributed by atoms with Gasteiger partial charge in [-0.3, -0.25) is 0 Å². The predicted molar refractivity (Wildman–Crippen MR) is 99.9 cm³/mol. The van der Waals surface area contributed by atoms with Crippen LogP contribution in [0.4, 0.5) is 4.79 Å². The first-order valence-electron chi connectivity index (χ1n) is 9.33. The first-order valence-corrected chi connectivity index (χ1v) is 9.33. The third-order valence-electron chi connectivity index (χ3n) is 4.80. The SMILES string of the molecule is COC[C@@H](C)NC(=O)N(Cc1cccc(OC)c1)C1CCCCCC1. The summed E-state index contributed by atoms with van der Waals surface area (Å²) >= 11 is 0. The molecule has 1 aliphatic carbocycles. The van der Waals surface area contributed by atoms with Crippen molar-refractivity contribution < 1.29 is 14.3 Å². The van der Waals surface area contributed by atoms with Gasteiger partial charge >= 0.3 is 6.03 Å². The Balaban J connectivity index is 2.13. The summed E-state index contributed by atoms with van der Waals surface area (Å²) in [6.07, 6.45) is 7.09. The number of hydrogen-bond donors (Lipinski definition) is 1. The second kappa shape index (κ2) is 10.3. The van der Waals surface area contributed by atoms with Crippen molar-refractivity contribution in [3.8, 4) is 5.75 Å². The van der Waals surface area contributed by atoms with Crippen LogP contribution in [0.5, 0.6) is 5.75 Å². The van der Waals surface area contributed by atoms with Crippen molar-refractivity contribution in [1.29, 1.82) is 0 Å². The van der Waals surface area contributed by atoms with Crippen LogP contribution in [0.1, 0.15) is 51.0 Å². The van der Waals surface area contributed by atoms with Crippen LogP contribution in [0.15, 0.2) is 24.3 Å². The van der Waals surface area contributed by atoms with Gasteiger partial charge in [-0.2, -0.15) is 0 Å². The van der Waals surface area contributed by atoms with E-state index in [1.807, 2.05) is 30.0 Å². The summed E-state index contributed by atoms with van der Waals surface area (Å²) in [7, 11) is 3.32. The zero-order chi connectivity index (χ0) is 18.1. The summed E-state index contributed by atoms with van der Waals surface area (Å²) in [6, 6.07) is 8.26. The zero-order valence-corrected chi connectivity index (χ0v) is 15.8. The highest BCUT2D eigenvalue weighted by atomic mass is 16.5. The fourth-order valence-corrected chi connectivity index (χ4v) is 3.49. The van der Waals surface area contributed by atoms with E-state index in [1.165, 1.54) is 25.7 Å². The molecule has 2 amide bonds. The molecule has 140 valence electrons. The van der Waals surface area contributed by atoms with Crippen molar-refractivity contribution in [2.45, 2.75) is 64.1 Å². The van der Waals surface area contributed by atoms with Crippen LogP contribution in [0, 0.1) is 0 Å². The third-order valence-corrected chi connectivity index (χ3v) is 4.80. The maximum Gasteiger partial charge on any atom is 0.318 e. The molecule has 0 unspecified atom stereocenters. The molecule has 5 nitrogen and oxygen atoms in total. The number of carbonyl (C=O) groups excluding carboxylic acids is 1. The number of methoxy groups -OCH3 is 2. The summed E-state index contributed by atoms with van der Waals surface area (Å²) in [5.74, 6) is 0.825. The molecule has 0 saturated heterocycles. The van der Waals surface area contributed by atoms with E-state index in [0.717, 1.165) is 24.2 Å². The van der Waals surface area contributed by atoms with E-state index in [4.69, 9.17) is 9.47 Å². The molecule has 1 saturated carbocycles. The van der Waals surface area contributed by atoms with Crippen LogP contribution < -0.4 is 10.1 Å². The monoisotopic (exact) mass is 348 g/mol. The molecule has 5 heteroatoms. The number of nitrogens with zero attached hydrogens (tertiary/aromatic N) is 1. The van der Waals surface area contributed by atoms with Crippen molar-refractivity contribution in [2.24, 2.45) is 0 Å². The minimum absolute atomic E-state index is 0.000676. The second-order valence-electron chi connectivity index (χ2n) is 6.93. The largest absolute Gasteiger partial charge is 0.497 e. The van der Waals surface area contributed by atoms with E-state index in [9.17, 15) is 4.79 Å². The van der Waals surface area contributed by atoms with E-state index in [-0.39, 0.29) is 12.1 Å². The van der Waals surface area contributed by atoms with Gasteiger partial charge in [-0.25, -0.2) is 4.79 Å². The molecule has 0 aromatic heterocycles. The van der Waals surface area contributed by atoms with Gasteiger partial charge in [0, 0.05) is 19.7 Å². The molecule has 1 aromatic carbocycles. The molecule has 1 fully saturated rings. The molecule has 0 spiro atoms. The summed E-state index contributed by atoms with van der Waals surface area (Å²) in [6.45, 7) is 3.09. The number of nitrogens with one attached hydrogen (secondary N) is 1. The second-order valence-corrected chi connectivity index (χ2v) is 6.93. The molecule has 1 aliphatic rings. The van der Waals surface area contributed by atoms with Crippen molar-refractivity contribution in [3.63, 3.8) is 0 Å². The highest BCUT2D eigenvalue weighted by molar-refractivity contribution is 5.75. The fourth-order valence-electron chi connectivity index (χ4n) is 3.49. The number of benzene rings is 1. The standard InChI is InChI=1S/C20H32N2O3/c1-16(15-24-2)21-20(23)22(18-10-6-4-5-7-11-18)14-17-9-8-12-19(13-17)25-3/h8-9,12-13,16,18H,4-7,10-11,14-15H2,1-3H3,(H,21,23)/t16-/m1/s1. The van der Waals surface area contributed by atoms with Crippen molar-refractivity contribution in [3.05, 3.63) is 29.8 Å². The molecule has 0 bridgehead atoms. The number of hydrogen-bond acceptors (Lipinski definition) is 3. The maximum atomic E-state index is 12.9. The van der Waals surface area contributed by atoms with Crippen LogP contribution in [0.25, 0.3) is 0 Å². The van der Waals surface area contributed by atoms with Crippen molar-refractivity contribution in [2.75, 3.05) is 20.8 Å². The lowest BCUT2D eigenvalue weighted by atomic mass is 10.1. The lowest BCUT2D eigenvalue weighted by Crippen LogP contribution is -2.49. The smallest absolute Gasteiger partial charge is 0.318 e. The van der Waals surface area contributed by atoms with Gasteiger partial charge in [0.15, 0.2) is 0 Å². The van der Waals surface area contributed by atoms with Gasteiger partial charge < -0.3 is 19.7 Å². The summed E-state index contributed by atoms with van der Waals surface area (Å²) in [4.78, 5) is 14.9. The number of urea groups is 1. The van der Waals surface area contributed by atoms with Crippen molar-refractivity contribution >= 4 is 6.03 Å². The highest BCUT2D eigenvalue weighted by Gasteiger charge is 2.25. The first kappa shape index (κ1) is 19.6.